The predicted molar refractivity (Wildman–Crippen MR) is 112 cm³/mol. The zero-order valence-electron chi connectivity index (χ0n) is 18.3. The second-order valence-corrected chi connectivity index (χ2v) is 8.40. The first kappa shape index (κ1) is 22.4. The molecule has 1 amide bonds. The van der Waals surface area contributed by atoms with Crippen molar-refractivity contribution in [1.29, 1.82) is 0 Å². The third kappa shape index (κ3) is 3.90. The quantitative estimate of drug-likeness (QED) is 0.711. The number of aromatic nitrogens is 2. The van der Waals surface area contributed by atoms with Gasteiger partial charge in [0.05, 0.1) is 23.6 Å². The Hall–Kier alpha value is -2.81. The Labute approximate surface area is 185 Å². The average Bonchev–Trinajstić information content (AvgIpc) is 3.08. The van der Waals surface area contributed by atoms with Gasteiger partial charge in [-0.15, -0.1) is 0 Å². The van der Waals surface area contributed by atoms with Crippen LogP contribution in [0.2, 0.25) is 0 Å². The number of carbonyl (C=O) groups excluding carboxylic acids is 2. The van der Waals surface area contributed by atoms with Crippen molar-refractivity contribution in [2.24, 2.45) is 5.41 Å². The highest BCUT2D eigenvalue weighted by Gasteiger charge is 2.40. The summed E-state index contributed by atoms with van der Waals surface area (Å²) in [5, 5.41) is 7.52. The Bertz CT molecular complexity index is 1040. The van der Waals surface area contributed by atoms with E-state index in [2.05, 4.69) is 10.4 Å². The number of rotatable bonds is 5. The third-order valence-corrected chi connectivity index (χ3v) is 6.28. The molecule has 2 aromatic rings. The second-order valence-electron chi connectivity index (χ2n) is 8.40. The van der Waals surface area contributed by atoms with Crippen LogP contribution in [0.1, 0.15) is 65.2 Å². The fraction of sp³-hybridized carbons (Fsp3) is 0.522. The van der Waals surface area contributed by atoms with Crippen LogP contribution < -0.4 is 5.32 Å². The molecule has 0 unspecified atom stereocenters. The fourth-order valence-electron chi connectivity index (χ4n) is 4.47. The molecule has 0 atom stereocenters. The Balaban J connectivity index is 1.85. The van der Waals surface area contributed by atoms with Crippen LogP contribution in [0, 0.1) is 17.0 Å². The molecule has 3 heterocycles. The maximum absolute atomic E-state index is 15.5. The molecule has 172 valence electrons. The van der Waals surface area contributed by atoms with Crippen molar-refractivity contribution in [3.05, 3.63) is 46.3 Å². The summed E-state index contributed by atoms with van der Waals surface area (Å²) in [4.78, 5) is 25.3. The van der Waals surface area contributed by atoms with Gasteiger partial charge in [0.25, 0.3) is 5.91 Å². The number of carbonyl (C=O) groups is 2. The van der Waals surface area contributed by atoms with E-state index in [1.54, 1.807) is 6.92 Å². The van der Waals surface area contributed by atoms with Gasteiger partial charge < -0.3 is 14.8 Å². The normalized spacial score (nSPS) is 17.6. The predicted octanol–water partition coefficient (Wildman–Crippen LogP) is 3.36. The summed E-state index contributed by atoms with van der Waals surface area (Å²) < 4.78 is 41.7. The van der Waals surface area contributed by atoms with Gasteiger partial charge in [-0.05, 0) is 49.7 Å². The molecule has 1 aromatic heterocycles. The molecule has 2 aliphatic heterocycles. The van der Waals surface area contributed by atoms with Crippen LogP contribution in [0.5, 0.6) is 0 Å². The molecule has 1 N–H and O–H groups in total. The van der Waals surface area contributed by atoms with Gasteiger partial charge in [-0.25, -0.2) is 18.3 Å². The number of nitrogens with one attached hydrogen (secondary N) is 1. The summed E-state index contributed by atoms with van der Waals surface area (Å²) >= 11 is 0. The summed E-state index contributed by atoms with van der Waals surface area (Å²) in [6.07, 6.45) is 2.98. The van der Waals surface area contributed by atoms with E-state index in [0.717, 1.165) is 18.9 Å². The number of hydrogen-bond acceptors (Lipinski definition) is 5. The molecule has 7 nitrogen and oxygen atoms in total. The van der Waals surface area contributed by atoms with Gasteiger partial charge in [-0.2, -0.15) is 5.10 Å². The first-order valence-corrected chi connectivity index (χ1v) is 11.0. The van der Waals surface area contributed by atoms with E-state index in [-0.39, 0.29) is 23.6 Å². The molecule has 1 spiro atoms. The van der Waals surface area contributed by atoms with Crippen LogP contribution in [0.15, 0.2) is 12.1 Å². The molecular weight excluding hydrogens is 420 g/mol. The lowest BCUT2D eigenvalue weighted by molar-refractivity contribution is 0.0154. The molecule has 1 fully saturated rings. The average molecular weight is 447 g/mol. The standard InChI is InChI=1S/C23H27F2N3O4/c1-3-9-32-22(30)18-14(24)5-6-16(20(18)25)28-17-12-23(7-10-31-11-8-23)13-26-21(29)19(17)15(4-2)27-28/h5-6H,3-4,7-13H2,1-2H3,(H,26,29). The third-order valence-electron chi connectivity index (χ3n) is 6.28. The van der Waals surface area contributed by atoms with Crippen LogP contribution >= 0.6 is 0 Å². The summed E-state index contributed by atoms with van der Waals surface area (Å²) in [5.74, 6) is -3.36. The minimum Gasteiger partial charge on any atom is -0.462 e. The van der Waals surface area contributed by atoms with Crippen LogP contribution in [0.25, 0.3) is 5.69 Å². The van der Waals surface area contributed by atoms with Crippen LogP contribution in [-0.4, -0.2) is 48.0 Å². The van der Waals surface area contributed by atoms with E-state index in [4.69, 9.17) is 9.47 Å². The molecule has 9 heteroatoms. The number of benzene rings is 1. The van der Waals surface area contributed by atoms with Crippen molar-refractivity contribution >= 4 is 11.9 Å². The van der Waals surface area contributed by atoms with Gasteiger partial charge in [-0.1, -0.05) is 13.8 Å². The number of halogens is 2. The number of ether oxygens (including phenoxy) is 2. The summed E-state index contributed by atoms with van der Waals surface area (Å²) in [5.41, 5.74) is 0.452. The Morgan fingerprint density at radius 3 is 2.72 bits per heavy atom. The summed E-state index contributed by atoms with van der Waals surface area (Å²) in [6.45, 7) is 5.37. The van der Waals surface area contributed by atoms with Gasteiger partial charge in [-0.3, -0.25) is 4.79 Å². The van der Waals surface area contributed by atoms with Crippen molar-refractivity contribution in [3.63, 3.8) is 0 Å². The van der Waals surface area contributed by atoms with Gasteiger partial charge in [0.1, 0.15) is 17.1 Å². The van der Waals surface area contributed by atoms with Crippen molar-refractivity contribution in [2.45, 2.75) is 46.0 Å². The van der Waals surface area contributed by atoms with Crippen molar-refractivity contribution < 1.29 is 27.8 Å². The van der Waals surface area contributed by atoms with E-state index in [9.17, 15) is 14.0 Å². The maximum Gasteiger partial charge on any atom is 0.344 e. The van der Waals surface area contributed by atoms with E-state index in [1.807, 2.05) is 6.92 Å². The molecule has 1 aromatic carbocycles. The molecule has 4 rings (SSSR count). The highest BCUT2D eigenvalue weighted by Crippen LogP contribution is 2.38. The lowest BCUT2D eigenvalue weighted by Crippen LogP contribution is -2.40. The Morgan fingerprint density at radius 1 is 1.28 bits per heavy atom. The molecule has 32 heavy (non-hydrogen) atoms. The lowest BCUT2D eigenvalue weighted by atomic mass is 9.76. The monoisotopic (exact) mass is 447 g/mol. The van der Waals surface area contributed by atoms with Gasteiger partial charge >= 0.3 is 5.97 Å². The number of hydrogen-bond donors (Lipinski definition) is 1. The number of aryl methyl sites for hydroxylation is 1. The zero-order valence-corrected chi connectivity index (χ0v) is 18.3. The largest absolute Gasteiger partial charge is 0.462 e. The van der Waals surface area contributed by atoms with E-state index in [0.29, 0.717) is 56.0 Å². The molecule has 0 radical (unpaired) electrons. The molecular formula is C23H27F2N3O4. The number of fused-ring (bicyclic) bond motifs is 1. The smallest absolute Gasteiger partial charge is 0.344 e. The maximum atomic E-state index is 15.5. The molecule has 0 saturated carbocycles. The lowest BCUT2D eigenvalue weighted by Gasteiger charge is -2.36. The number of nitrogens with zero attached hydrogens (tertiary/aromatic N) is 2. The van der Waals surface area contributed by atoms with Gasteiger partial charge in [0.2, 0.25) is 0 Å². The first-order chi connectivity index (χ1) is 15.4. The van der Waals surface area contributed by atoms with E-state index >= 15 is 4.39 Å². The van der Waals surface area contributed by atoms with Crippen molar-refractivity contribution in [3.8, 4) is 5.69 Å². The molecule has 2 aliphatic rings. The van der Waals surface area contributed by atoms with Gasteiger partial charge in [0, 0.05) is 19.8 Å². The van der Waals surface area contributed by atoms with E-state index in [1.165, 1.54) is 10.7 Å². The molecule has 0 bridgehead atoms. The molecule has 1 saturated heterocycles. The SMILES string of the molecule is CCCOC(=O)c1c(F)ccc(-n2nc(CC)c3c2CC2(CCOCC2)CNC3=O)c1F. The second kappa shape index (κ2) is 8.97. The highest BCUT2D eigenvalue weighted by molar-refractivity contribution is 5.97. The topological polar surface area (TPSA) is 82.5 Å². The summed E-state index contributed by atoms with van der Waals surface area (Å²) in [6, 6.07) is 2.27. The van der Waals surface area contributed by atoms with Crippen molar-refractivity contribution in [1.82, 2.24) is 15.1 Å². The van der Waals surface area contributed by atoms with Gasteiger partial charge in [0.15, 0.2) is 5.82 Å². The number of esters is 1. The fourth-order valence-corrected chi connectivity index (χ4v) is 4.47. The minimum atomic E-state index is -1.06. The first-order valence-electron chi connectivity index (χ1n) is 11.0. The van der Waals surface area contributed by atoms with E-state index < -0.39 is 23.2 Å². The van der Waals surface area contributed by atoms with Crippen molar-refractivity contribution in [2.75, 3.05) is 26.4 Å². The highest BCUT2D eigenvalue weighted by atomic mass is 19.1. The van der Waals surface area contributed by atoms with Crippen LogP contribution in [0.4, 0.5) is 8.78 Å². The van der Waals surface area contributed by atoms with Crippen LogP contribution in [-0.2, 0) is 22.3 Å². The molecule has 0 aliphatic carbocycles. The Kier molecular flexibility index (Phi) is 6.28. The Morgan fingerprint density at radius 2 is 2.03 bits per heavy atom. The van der Waals surface area contributed by atoms with Crippen LogP contribution in [0.3, 0.4) is 0 Å². The summed E-state index contributed by atoms with van der Waals surface area (Å²) in [7, 11) is 0. The minimum absolute atomic E-state index is 0.0594. The zero-order chi connectivity index (χ0) is 22.9. The number of amides is 1.